The van der Waals surface area contributed by atoms with E-state index in [1.807, 2.05) is 28.2 Å². The predicted octanol–water partition coefficient (Wildman–Crippen LogP) is 8.13. The van der Waals surface area contributed by atoms with Crippen LogP contribution in [-0.2, 0) is 57.4 Å². The molecule has 420 valence electrons. The molecule has 5 fully saturated rings. The zero-order chi connectivity index (χ0) is 54.3. The van der Waals surface area contributed by atoms with E-state index in [9.17, 15) is 38.9 Å². The minimum Gasteiger partial charge on any atom is -0.458 e. The van der Waals surface area contributed by atoms with Gasteiger partial charge in [0.05, 0.1) is 36.8 Å². The molecule has 3 aromatic rings. The molecule has 0 spiro atoms. The number of unbranched alkanes of at least 4 members (excludes halogenated alkanes) is 4. The minimum absolute atomic E-state index is 0.0138. The van der Waals surface area contributed by atoms with Crippen LogP contribution in [0.3, 0.4) is 0 Å². The summed E-state index contributed by atoms with van der Waals surface area (Å²) in [6.45, 7) is 8.62. The monoisotopic (exact) mass is 1080 g/mol. The quantitative estimate of drug-likeness (QED) is 0.0222. The fourth-order valence-corrected chi connectivity index (χ4v) is 14.9. The van der Waals surface area contributed by atoms with E-state index in [2.05, 4.69) is 43.4 Å². The maximum atomic E-state index is 14.6. The number of allylic oxidation sites excluding steroid dienone is 4. The average Bonchev–Trinajstić information content (AvgIpc) is 4.26. The van der Waals surface area contributed by atoms with Gasteiger partial charge in [-0.25, -0.2) is 13.7 Å². The molecule has 1 saturated heterocycles. The third-order valence-electron chi connectivity index (χ3n) is 18.3. The van der Waals surface area contributed by atoms with Gasteiger partial charge >= 0.3 is 13.8 Å². The zero-order valence-corrected chi connectivity index (χ0v) is 46.2. The number of aliphatic hydroxyl groups is 2. The lowest BCUT2D eigenvalue weighted by Crippen LogP contribution is -2.58. The standard InChI is InChI=1S/C60H82N3O13P/c1-40-62(30-31-63(40)38-44-34-43(21-24-51(44)76-77(69,70)71)49(66)37-61-28-13-4-5-14-32-72-33-15-12-18-41-16-8-6-9-17-41)29-26-52(68)73-39-50(67)55-57-56(74-58(75-57)42-19-10-7-11-20-42)54-47-23-22-45-35-46(64)25-27-59(45,2)53(47)48(65)36-60(54,55)3/h6,8-9,16-17,21,24-25,27,30-31,34-35,42,47-49,53-58,61,65-66H,4-5,7,10-15,18-20,22-23,26,28-29,32-33,36-39H2,1-3H3,(H-,69,70,71)/p+1/t47?,48?,49?,53?,54?,55-,56?,57+,58+,59-,60-/m0/s1. The number of carbonyl (C=O) groups excluding carboxylic acids is 3. The number of carbonyl (C=O) groups is 3. The molecule has 0 bridgehead atoms. The second kappa shape index (κ2) is 25.4. The summed E-state index contributed by atoms with van der Waals surface area (Å²) >= 11 is 0. The zero-order valence-electron chi connectivity index (χ0n) is 45.3. The summed E-state index contributed by atoms with van der Waals surface area (Å²) in [7, 11) is -4.91. The Hall–Kier alpha value is -4.35. The highest BCUT2D eigenvalue weighted by Gasteiger charge is 2.71. The van der Waals surface area contributed by atoms with E-state index in [1.165, 1.54) is 18.1 Å². The van der Waals surface area contributed by atoms with Crippen molar-refractivity contribution in [3.05, 3.63) is 107 Å². The van der Waals surface area contributed by atoms with Crippen LogP contribution < -0.4 is 14.4 Å². The number of nitrogens with one attached hydrogen (secondary N) is 1. The maximum Gasteiger partial charge on any atom is 0.524 e. The number of aliphatic hydroxyl groups excluding tert-OH is 2. The number of phosphoric ester groups is 1. The van der Waals surface area contributed by atoms with Gasteiger partial charge in [0.25, 0.3) is 5.82 Å². The molecular weight excluding hydrogens is 1000 g/mol. The van der Waals surface area contributed by atoms with Crippen LogP contribution in [0.15, 0.2) is 84.7 Å². The number of hydrogen-bond acceptors (Lipinski definition) is 12. The Labute approximate surface area is 454 Å². The lowest BCUT2D eigenvalue weighted by atomic mass is 9.46. The largest absolute Gasteiger partial charge is 0.524 e. The van der Waals surface area contributed by atoms with E-state index in [4.69, 9.17) is 23.5 Å². The van der Waals surface area contributed by atoms with Crippen LogP contribution in [0.4, 0.5) is 0 Å². The van der Waals surface area contributed by atoms with Crippen molar-refractivity contribution < 1.29 is 67.0 Å². The number of aryl methyl sites for hydroxylation is 2. The number of nitrogens with zero attached hydrogens (tertiary/aromatic N) is 2. The fourth-order valence-electron chi connectivity index (χ4n) is 14.4. The fraction of sp³-hybridized carbons (Fsp3) is 0.633. The number of fused-ring (bicyclic) bond motifs is 7. The van der Waals surface area contributed by atoms with E-state index in [0.717, 1.165) is 115 Å². The molecule has 2 aromatic carbocycles. The number of esters is 1. The van der Waals surface area contributed by atoms with Gasteiger partial charge in [0.1, 0.15) is 37.8 Å². The summed E-state index contributed by atoms with van der Waals surface area (Å²) in [5.74, 6) is -0.697. The number of imidazole rings is 1. The van der Waals surface area contributed by atoms with Crippen molar-refractivity contribution in [1.29, 1.82) is 0 Å². The first kappa shape index (κ1) is 57.3. The normalized spacial score (nSPS) is 29.3. The molecular formula is C60H83N3O13P+. The summed E-state index contributed by atoms with van der Waals surface area (Å²) in [5, 5.41) is 26.6. The lowest BCUT2D eigenvalue weighted by molar-refractivity contribution is -0.694. The third-order valence-corrected chi connectivity index (χ3v) is 18.7. The topological polar surface area (TPSA) is 216 Å². The van der Waals surface area contributed by atoms with Gasteiger partial charge < -0.3 is 39.0 Å². The van der Waals surface area contributed by atoms with Crippen LogP contribution in [0.5, 0.6) is 5.75 Å². The summed E-state index contributed by atoms with van der Waals surface area (Å²) in [5.41, 5.74) is 2.26. The van der Waals surface area contributed by atoms with Gasteiger partial charge in [0.15, 0.2) is 17.9 Å². The Kier molecular flexibility index (Phi) is 18.9. The molecule has 5 N–H and O–H groups in total. The molecule has 16 nitrogen and oxygen atoms in total. The molecule has 9 rings (SSSR count). The van der Waals surface area contributed by atoms with Crippen LogP contribution in [0.1, 0.15) is 139 Å². The number of benzene rings is 2. The highest BCUT2D eigenvalue weighted by molar-refractivity contribution is 7.46. The van der Waals surface area contributed by atoms with Crippen LogP contribution >= 0.6 is 7.82 Å². The van der Waals surface area contributed by atoms with Crippen molar-refractivity contribution in [2.45, 2.75) is 167 Å². The molecule has 1 aliphatic heterocycles. The molecule has 17 heteroatoms. The maximum absolute atomic E-state index is 14.6. The summed E-state index contributed by atoms with van der Waals surface area (Å²) in [6, 6.07) is 15.3. The first-order chi connectivity index (χ1) is 37.0. The van der Waals surface area contributed by atoms with E-state index >= 15 is 0 Å². The molecule has 4 saturated carbocycles. The number of hydrogen-bond donors (Lipinski definition) is 5. The average molecular weight is 1090 g/mol. The van der Waals surface area contributed by atoms with E-state index in [-0.39, 0.29) is 66.6 Å². The van der Waals surface area contributed by atoms with Gasteiger partial charge in [0.2, 0.25) is 0 Å². The summed E-state index contributed by atoms with van der Waals surface area (Å²) in [4.78, 5) is 60.1. The molecule has 2 heterocycles. The Morgan fingerprint density at radius 3 is 2.48 bits per heavy atom. The van der Waals surface area contributed by atoms with E-state index in [1.54, 1.807) is 36.7 Å². The van der Waals surface area contributed by atoms with Crippen molar-refractivity contribution in [2.75, 3.05) is 32.9 Å². The van der Waals surface area contributed by atoms with Crippen molar-refractivity contribution in [3.63, 3.8) is 0 Å². The number of rotatable bonds is 26. The summed E-state index contributed by atoms with van der Waals surface area (Å²) < 4.78 is 46.2. The Morgan fingerprint density at radius 2 is 1.70 bits per heavy atom. The van der Waals surface area contributed by atoms with Crippen molar-refractivity contribution >= 4 is 25.4 Å². The van der Waals surface area contributed by atoms with Crippen molar-refractivity contribution in [1.82, 2.24) is 9.88 Å². The molecule has 11 atom stereocenters. The lowest BCUT2D eigenvalue weighted by Gasteiger charge is -2.59. The number of Topliss-reactive ketones (excluding diaryl/α,β-unsaturated/α-hetero) is 1. The molecule has 77 heavy (non-hydrogen) atoms. The van der Waals surface area contributed by atoms with Crippen molar-refractivity contribution in [2.24, 2.45) is 40.4 Å². The van der Waals surface area contributed by atoms with E-state index < -0.39 is 61.7 Å². The van der Waals surface area contributed by atoms with Gasteiger partial charge in [-0.3, -0.25) is 24.2 Å². The van der Waals surface area contributed by atoms with Gasteiger partial charge in [0, 0.05) is 49.5 Å². The molecule has 1 aromatic heterocycles. The number of phosphoric acid groups is 1. The second-order valence-corrected chi connectivity index (χ2v) is 24.5. The smallest absolute Gasteiger partial charge is 0.458 e. The van der Waals surface area contributed by atoms with Gasteiger partial charge in [-0.15, -0.1) is 0 Å². The van der Waals surface area contributed by atoms with Crippen molar-refractivity contribution in [3.8, 4) is 5.75 Å². The highest BCUT2D eigenvalue weighted by Crippen LogP contribution is 2.68. The highest BCUT2D eigenvalue weighted by atomic mass is 31.2. The summed E-state index contributed by atoms with van der Waals surface area (Å²) in [6.07, 6.45) is 20.6. The van der Waals surface area contributed by atoms with Crippen LogP contribution in [0.2, 0.25) is 0 Å². The van der Waals surface area contributed by atoms with Gasteiger partial charge in [-0.2, -0.15) is 0 Å². The van der Waals surface area contributed by atoms with Gasteiger partial charge in [-0.1, -0.05) is 94.0 Å². The van der Waals surface area contributed by atoms with Crippen LogP contribution in [0, 0.1) is 47.3 Å². The number of aromatic nitrogens is 2. The molecule has 5 aliphatic carbocycles. The Balaban J connectivity index is 0.761. The van der Waals surface area contributed by atoms with Gasteiger partial charge in [-0.05, 0) is 123 Å². The SMILES string of the molecule is Cc1n(CCC(=O)OCC(=O)[C@H]2[C@H]3O[C@H](C4CCCCC4)OC3C3C4CCC5=CC(=O)C=C[C@]5(C)C4C(O)C[C@@]32C)cc[n+]1Cc1cc(C(O)CNCCCCCCOCCCCc2ccccc2)ccc1OP(=O)(O)O. The number of ketones is 2. The first-order valence-corrected chi connectivity index (χ1v) is 30.1. The molecule has 0 amide bonds. The third kappa shape index (κ3) is 13.5. The minimum atomic E-state index is -4.91. The predicted molar refractivity (Wildman–Crippen MR) is 287 cm³/mol. The Bertz CT molecular complexity index is 2630. The molecule has 6 aliphatic rings. The second-order valence-electron chi connectivity index (χ2n) is 23.3. The van der Waals surface area contributed by atoms with Crippen LogP contribution in [-0.4, -0.2) is 99.6 Å². The Morgan fingerprint density at radius 1 is 0.948 bits per heavy atom. The molecule has 6 unspecified atom stereocenters. The molecule has 0 radical (unpaired) electrons. The number of ether oxygens (including phenoxy) is 4. The first-order valence-electron chi connectivity index (χ1n) is 28.6. The van der Waals surface area contributed by atoms with Crippen LogP contribution in [0.25, 0.3) is 0 Å². The van der Waals surface area contributed by atoms with E-state index in [0.29, 0.717) is 24.1 Å².